The van der Waals surface area contributed by atoms with Crippen molar-refractivity contribution in [1.82, 2.24) is 4.31 Å². The molecule has 128 valence electrons. The van der Waals surface area contributed by atoms with Gasteiger partial charge in [0.15, 0.2) is 0 Å². The highest BCUT2D eigenvalue weighted by molar-refractivity contribution is 7.89. The van der Waals surface area contributed by atoms with Crippen LogP contribution in [0.1, 0.15) is 33.6 Å². The zero-order valence-corrected chi connectivity index (χ0v) is 14.5. The number of hydrogen-bond donors (Lipinski definition) is 1. The molecule has 2 rings (SSSR count). The second kappa shape index (κ2) is 6.84. The fraction of sp³-hybridized carbons (Fsp3) is 0.600. The largest absolute Gasteiger partial charge is 0.377 e. The Labute approximate surface area is 136 Å². The van der Waals surface area contributed by atoms with Crippen LogP contribution in [0.15, 0.2) is 23.1 Å². The predicted molar refractivity (Wildman–Crippen MR) is 89.0 cm³/mol. The molecule has 0 saturated carbocycles. The molecule has 1 aliphatic heterocycles. The topological polar surface area (TPSA) is 92.6 Å². The van der Waals surface area contributed by atoms with Crippen LogP contribution in [0.2, 0.25) is 0 Å². The molecule has 1 atom stereocenters. The maximum atomic E-state index is 12.5. The number of nitrogens with one attached hydrogen (secondary N) is 1. The molecular weight excluding hydrogens is 318 g/mol. The molecule has 1 aromatic rings. The Hall–Kier alpha value is -1.67. The van der Waals surface area contributed by atoms with Crippen molar-refractivity contribution in [2.24, 2.45) is 5.92 Å². The summed E-state index contributed by atoms with van der Waals surface area (Å²) in [5.74, 6) is 0.294. The first-order valence-electron chi connectivity index (χ1n) is 7.78. The molecule has 1 aromatic carbocycles. The lowest BCUT2D eigenvalue weighted by Crippen LogP contribution is -2.28. The highest BCUT2D eigenvalue weighted by Crippen LogP contribution is 2.31. The Morgan fingerprint density at radius 2 is 1.83 bits per heavy atom. The third-order valence-electron chi connectivity index (χ3n) is 4.25. The molecule has 23 heavy (non-hydrogen) atoms. The number of anilines is 1. The maximum absolute atomic E-state index is 12.5. The lowest BCUT2D eigenvalue weighted by atomic mass is 10.1. The van der Waals surface area contributed by atoms with Gasteiger partial charge in [-0.3, -0.25) is 10.1 Å². The van der Waals surface area contributed by atoms with E-state index >= 15 is 0 Å². The fourth-order valence-electron chi connectivity index (χ4n) is 2.43. The van der Waals surface area contributed by atoms with Crippen LogP contribution in [-0.2, 0) is 10.0 Å². The van der Waals surface area contributed by atoms with Gasteiger partial charge in [-0.2, -0.15) is 4.31 Å². The molecular formula is C15H23N3O4S. The number of nitro benzene ring substituents is 1. The second-order valence-electron chi connectivity index (χ2n) is 6.22. The van der Waals surface area contributed by atoms with Gasteiger partial charge in [0, 0.05) is 25.2 Å². The van der Waals surface area contributed by atoms with Crippen molar-refractivity contribution in [3.63, 3.8) is 0 Å². The molecule has 0 spiro atoms. The minimum atomic E-state index is -3.66. The Balaban J connectivity index is 2.37. The Kier molecular flexibility index (Phi) is 5.26. The van der Waals surface area contributed by atoms with E-state index in [-0.39, 0.29) is 16.6 Å². The van der Waals surface area contributed by atoms with Gasteiger partial charge in [-0.15, -0.1) is 0 Å². The summed E-state index contributed by atoms with van der Waals surface area (Å²) in [6.07, 6.45) is 1.65. The van der Waals surface area contributed by atoms with Gasteiger partial charge < -0.3 is 5.32 Å². The van der Waals surface area contributed by atoms with Gasteiger partial charge in [-0.05, 0) is 37.8 Å². The summed E-state index contributed by atoms with van der Waals surface area (Å²) in [6, 6.07) is 4.12. The molecule has 1 fully saturated rings. The van der Waals surface area contributed by atoms with Crippen LogP contribution >= 0.6 is 0 Å². The monoisotopic (exact) mass is 341 g/mol. The number of sulfonamides is 1. The van der Waals surface area contributed by atoms with E-state index in [2.05, 4.69) is 5.32 Å². The summed E-state index contributed by atoms with van der Waals surface area (Å²) < 4.78 is 26.5. The smallest absolute Gasteiger partial charge is 0.293 e. The Morgan fingerprint density at radius 1 is 1.22 bits per heavy atom. The SMILES string of the molecule is CC(C)[C@@H](C)Nc1ccc(S(=O)(=O)N2CCCC2)cc1[N+](=O)[O-]. The van der Waals surface area contributed by atoms with Gasteiger partial charge in [0.1, 0.15) is 5.69 Å². The van der Waals surface area contributed by atoms with E-state index in [9.17, 15) is 18.5 Å². The van der Waals surface area contributed by atoms with E-state index in [1.807, 2.05) is 20.8 Å². The first kappa shape index (κ1) is 17.7. The average molecular weight is 341 g/mol. The van der Waals surface area contributed by atoms with Crippen LogP contribution in [0, 0.1) is 16.0 Å². The standard InChI is InChI=1S/C15H23N3O4S/c1-11(2)12(3)16-14-7-6-13(10-15(14)18(19)20)23(21,22)17-8-4-5-9-17/h6-7,10-12,16H,4-5,8-9H2,1-3H3/t12-/m1/s1. The molecule has 1 heterocycles. The molecule has 0 bridgehead atoms. The fourth-order valence-corrected chi connectivity index (χ4v) is 3.97. The van der Waals surface area contributed by atoms with Crippen molar-refractivity contribution in [3.05, 3.63) is 28.3 Å². The van der Waals surface area contributed by atoms with E-state index in [1.54, 1.807) is 0 Å². The molecule has 1 aliphatic rings. The summed E-state index contributed by atoms with van der Waals surface area (Å²) in [6.45, 7) is 6.90. The Morgan fingerprint density at radius 3 is 2.35 bits per heavy atom. The van der Waals surface area contributed by atoms with Crippen LogP contribution in [0.4, 0.5) is 11.4 Å². The van der Waals surface area contributed by atoms with Crippen molar-refractivity contribution in [2.45, 2.75) is 44.6 Å². The van der Waals surface area contributed by atoms with Crippen LogP contribution < -0.4 is 5.32 Å². The van der Waals surface area contributed by atoms with Gasteiger partial charge in [0.2, 0.25) is 10.0 Å². The number of rotatable bonds is 6. The normalized spacial score (nSPS) is 17.4. The summed E-state index contributed by atoms with van der Waals surface area (Å²) in [4.78, 5) is 10.8. The van der Waals surface area contributed by atoms with Crippen LogP contribution in [-0.4, -0.2) is 36.8 Å². The van der Waals surface area contributed by atoms with Crippen molar-refractivity contribution in [3.8, 4) is 0 Å². The molecule has 8 heteroatoms. The number of hydrogen-bond acceptors (Lipinski definition) is 5. The first-order valence-corrected chi connectivity index (χ1v) is 9.22. The molecule has 0 unspecified atom stereocenters. The third kappa shape index (κ3) is 3.81. The number of nitro groups is 1. The molecule has 0 amide bonds. The van der Waals surface area contributed by atoms with Gasteiger partial charge in [0.05, 0.1) is 9.82 Å². The van der Waals surface area contributed by atoms with E-state index < -0.39 is 14.9 Å². The third-order valence-corrected chi connectivity index (χ3v) is 6.15. The summed E-state index contributed by atoms with van der Waals surface area (Å²) in [5, 5.41) is 14.4. The summed E-state index contributed by atoms with van der Waals surface area (Å²) in [5.41, 5.74) is 0.134. The molecule has 7 nitrogen and oxygen atoms in total. The second-order valence-corrected chi connectivity index (χ2v) is 8.16. The van der Waals surface area contributed by atoms with Gasteiger partial charge in [0.25, 0.3) is 5.69 Å². The minimum absolute atomic E-state index is 0.0196. The van der Waals surface area contributed by atoms with Gasteiger partial charge >= 0.3 is 0 Å². The highest BCUT2D eigenvalue weighted by Gasteiger charge is 2.29. The number of nitrogens with zero attached hydrogens (tertiary/aromatic N) is 2. The maximum Gasteiger partial charge on any atom is 0.293 e. The van der Waals surface area contributed by atoms with Gasteiger partial charge in [-0.25, -0.2) is 8.42 Å². The van der Waals surface area contributed by atoms with Crippen molar-refractivity contribution >= 4 is 21.4 Å². The molecule has 0 radical (unpaired) electrons. The summed E-state index contributed by atoms with van der Waals surface area (Å²) >= 11 is 0. The highest BCUT2D eigenvalue weighted by atomic mass is 32.2. The van der Waals surface area contributed by atoms with E-state index in [1.165, 1.54) is 16.4 Å². The number of benzene rings is 1. The van der Waals surface area contributed by atoms with Crippen molar-refractivity contribution in [2.75, 3.05) is 18.4 Å². The lowest BCUT2D eigenvalue weighted by Gasteiger charge is -2.20. The van der Waals surface area contributed by atoms with E-state index in [0.717, 1.165) is 18.9 Å². The molecule has 0 aliphatic carbocycles. The van der Waals surface area contributed by atoms with Crippen molar-refractivity contribution < 1.29 is 13.3 Å². The molecule has 1 saturated heterocycles. The first-order chi connectivity index (χ1) is 10.7. The minimum Gasteiger partial charge on any atom is -0.377 e. The zero-order valence-electron chi connectivity index (χ0n) is 13.7. The Bertz CT molecular complexity index is 682. The van der Waals surface area contributed by atoms with Crippen LogP contribution in [0.25, 0.3) is 0 Å². The van der Waals surface area contributed by atoms with Crippen LogP contribution in [0.5, 0.6) is 0 Å². The van der Waals surface area contributed by atoms with Gasteiger partial charge in [-0.1, -0.05) is 13.8 Å². The molecule has 1 N–H and O–H groups in total. The van der Waals surface area contributed by atoms with E-state index in [4.69, 9.17) is 0 Å². The van der Waals surface area contributed by atoms with Crippen molar-refractivity contribution in [1.29, 1.82) is 0 Å². The lowest BCUT2D eigenvalue weighted by molar-refractivity contribution is -0.384. The summed E-state index contributed by atoms with van der Waals surface area (Å²) in [7, 11) is -3.66. The molecule has 0 aromatic heterocycles. The van der Waals surface area contributed by atoms with E-state index in [0.29, 0.717) is 24.7 Å². The zero-order chi connectivity index (χ0) is 17.2. The quantitative estimate of drug-likeness (QED) is 0.634. The van der Waals surface area contributed by atoms with Crippen LogP contribution in [0.3, 0.4) is 0 Å². The average Bonchev–Trinajstić information content (AvgIpc) is 3.01. The predicted octanol–water partition coefficient (Wildman–Crippen LogP) is 2.84.